The fourth-order valence-electron chi connectivity index (χ4n) is 2.66. The summed E-state index contributed by atoms with van der Waals surface area (Å²) in [6, 6.07) is 2.05. The fourth-order valence-corrected chi connectivity index (χ4v) is 3.62. The van der Waals surface area contributed by atoms with Crippen molar-refractivity contribution in [2.24, 2.45) is 7.05 Å². The van der Waals surface area contributed by atoms with Gasteiger partial charge in [-0.1, -0.05) is 34.8 Å². The summed E-state index contributed by atoms with van der Waals surface area (Å²) in [4.78, 5) is 0. The van der Waals surface area contributed by atoms with Crippen LogP contribution in [0.1, 0.15) is 5.69 Å². The van der Waals surface area contributed by atoms with Crippen molar-refractivity contribution in [3.05, 3.63) is 38.8 Å². The molecule has 0 atom stereocenters. The van der Waals surface area contributed by atoms with E-state index in [9.17, 15) is 17.6 Å². The minimum atomic E-state index is -4.77. The third-order valence-corrected chi connectivity index (χ3v) is 4.99. The van der Waals surface area contributed by atoms with Gasteiger partial charge >= 0.3 is 6.18 Å². The highest BCUT2D eigenvalue weighted by Crippen LogP contribution is 2.47. The molecule has 27 heavy (non-hydrogen) atoms. The molecular formula is C16H12Cl3F4NO3. The summed E-state index contributed by atoms with van der Waals surface area (Å²) in [5.74, 6) is -0.874. The molecule has 3 rings (SSSR count). The highest BCUT2D eigenvalue weighted by molar-refractivity contribution is 6.40. The quantitative estimate of drug-likeness (QED) is 0.574. The third-order valence-electron chi connectivity index (χ3n) is 3.89. The molecule has 1 fully saturated rings. The van der Waals surface area contributed by atoms with E-state index in [0.717, 1.165) is 19.2 Å². The van der Waals surface area contributed by atoms with E-state index < -0.39 is 29.0 Å². The van der Waals surface area contributed by atoms with Crippen LogP contribution in [0.25, 0.3) is 11.1 Å². The molecule has 2 aromatic rings. The first-order valence-electron chi connectivity index (χ1n) is 7.57. The largest absolute Gasteiger partial charge is 0.487 e. The van der Waals surface area contributed by atoms with Gasteiger partial charge in [-0.3, -0.25) is 0 Å². The molecule has 1 aromatic heterocycles. The van der Waals surface area contributed by atoms with E-state index in [1.54, 1.807) is 0 Å². The van der Waals surface area contributed by atoms with E-state index in [1.807, 2.05) is 0 Å². The summed E-state index contributed by atoms with van der Waals surface area (Å²) in [6.07, 6.45) is -5.39. The Morgan fingerprint density at radius 3 is 2.37 bits per heavy atom. The summed E-state index contributed by atoms with van der Waals surface area (Å²) < 4.78 is 70.7. The van der Waals surface area contributed by atoms with Gasteiger partial charge in [-0.2, -0.15) is 13.2 Å². The van der Waals surface area contributed by atoms with Crippen LogP contribution in [0, 0.1) is 5.82 Å². The second-order valence-electron chi connectivity index (χ2n) is 5.63. The first kappa shape index (κ1) is 20.5. The minimum Gasteiger partial charge on any atom is -0.487 e. The van der Waals surface area contributed by atoms with Crippen LogP contribution >= 0.6 is 34.8 Å². The summed E-state index contributed by atoms with van der Waals surface area (Å²) in [5, 5.41) is -1.17. The summed E-state index contributed by atoms with van der Waals surface area (Å²) in [6.45, 7) is 0.784. The second kappa shape index (κ2) is 7.67. The molecule has 2 heterocycles. The fraction of sp³-hybridized carbons (Fsp3) is 0.375. The molecule has 0 amide bonds. The third kappa shape index (κ3) is 4.00. The molecule has 11 heteroatoms. The predicted octanol–water partition coefficient (Wildman–Crippen LogP) is 5.56. The number of hydrogen-bond acceptors (Lipinski definition) is 3. The minimum absolute atomic E-state index is 0.0247. The SMILES string of the molecule is Cn1c(Cl)c(-c2cc(OCC3OCCO3)c(Cl)cc2F)c(Cl)c1C(F)(F)F. The maximum absolute atomic E-state index is 14.5. The van der Waals surface area contributed by atoms with Crippen LogP contribution in [0.2, 0.25) is 15.2 Å². The molecule has 0 N–H and O–H groups in total. The molecule has 0 spiro atoms. The van der Waals surface area contributed by atoms with E-state index >= 15 is 0 Å². The second-order valence-corrected chi connectivity index (χ2v) is 6.77. The maximum Gasteiger partial charge on any atom is 0.432 e. The van der Waals surface area contributed by atoms with Crippen LogP contribution in [0.4, 0.5) is 17.6 Å². The van der Waals surface area contributed by atoms with Crippen molar-refractivity contribution in [2.45, 2.75) is 12.5 Å². The van der Waals surface area contributed by atoms with Crippen LogP contribution < -0.4 is 4.74 Å². The molecule has 1 aliphatic rings. The maximum atomic E-state index is 14.5. The van der Waals surface area contributed by atoms with Crippen molar-refractivity contribution in [1.29, 1.82) is 0 Å². The monoisotopic (exact) mass is 447 g/mol. The molecule has 4 nitrogen and oxygen atoms in total. The summed E-state index contributed by atoms with van der Waals surface area (Å²) in [5.41, 5.74) is -1.77. The summed E-state index contributed by atoms with van der Waals surface area (Å²) >= 11 is 17.9. The van der Waals surface area contributed by atoms with Gasteiger partial charge in [-0.25, -0.2) is 4.39 Å². The summed E-state index contributed by atoms with van der Waals surface area (Å²) in [7, 11) is 1.08. The Balaban J connectivity index is 2.03. The Morgan fingerprint density at radius 2 is 1.81 bits per heavy atom. The van der Waals surface area contributed by atoms with Gasteiger partial charge in [-0.15, -0.1) is 0 Å². The molecule has 1 aliphatic heterocycles. The van der Waals surface area contributed by atoms with E-state index in [-0.39, 0.29) is 33.7 Å². The Bertz CT molecular complexity index is 864. The zero-order chi connectivity index (χ0) is 19.9. The van der Waals surface area contributed by atoms with Gasteiger partial charge in [0.2, 0.25) is 0 Å². The smallest absolute Gasteiger partial charge is 0.432 e. The number of halogens is 7. The predicted molar refractivity (Wildman–Crippen MR) is 92.0 cm³/mol. The van der Waals surface area contributed by atoms with Crippen molar-refractivity contribution in [3.63, 3.8) is 0 Å². The van der Waals surface area contributed by atoms with E-state index in [2.05, 4.69) is 0 Å². The first-order valence-corrected chi connectivity index (χ1v) is 8.71. The number of ether oxygens (including phenoxy) is 3. The first-order chi connectivity index (χ1) is 12.6. The lowest BCUT2D eigenvalue weighted by Gasteiger charge is -2.14. The molecule has 0 saturated carbocycles. The number of rotatable bonds is 4. The molecule has 0 unspecified atom stereocenters. The van der Waals surface area contributed by atoms with Gasteiger partial charge < -0.3 is 18.8 Å². The number of hydrogen-bond donors (Lipinski definition) is 0. The molecule has 1 aromatic carbocycles. The number of aromatic nitrogens is 1. The van der Waals surface area contributed by atoms with Crippen molar-refractivity contribution in [3.8, 4) is 16.9 Å². The van der Waals surface area contributed by atoms with Gasteiger partial charge in [0, 0.05) is 18.2 Å². The average molecular weight is 449 g/mol. The van der Waals surface area contributed by atoms with Crippen molar-refractivity contribution in [2.75, 3.05) is 19.8 Å². The van der Waals surface area contributed by atoms with Gasteiger partial charge in [0.15, 0.2) is 6.29 Å². The Labute approximate surface area is 166 Å². The van der Waals surface area contributed by atoms with Crippen LogP contribution in [0.5, 0.6) is 5.75 Å². The number of benzene rings is 1. The van der Waals surface area contributed by atoms with Gasteiger partial charge in [0.1, 0.15) is 29.0 Å². The highest BCUT2D eigenvalue weighted by Gasteiger charge is 2.40. The lowest BCUT2D eigenvalue weighted by Crippen LogP contribution is -2.18. The Hall–Kier alpha value is -1.19. The van der Waals surface area contributed by atoms with E-state index in [1.165, 1.54) is 0 Å². The molecule has 0 aliphatic carbocycles. The Morgan fingerprint density at radius 1 is 1.19 bits per heavy atom. The van der Waals surface area contributed by atoms with Gasteiger partial charge in [0.25, 0.3) is 0 Å². The van der Waals surface area contributed by atoms with Crippen LogP contribution in [-0.4, -0.2) is 30.7 Å². The lowest BCUT2D eigenvalue weighted by molar-refractivity contribution is -0.142. The highest BCUT2D eigenvalue weighted by atomic mass is 35.5. The van der Waals surface area contributed by atoms with Crippen LogP contribution in [0.15, 0.2) is 12.1 Å². The number of nitrogens with zero attached hydrogens (tertiary/aromatic N) is 1. The van der Waals surface area contributed by atoms with E-state index in [0.29, 0.717) is 17.8 Å². The van der Waals surface area contributed by atoms with Crippen molar-refractivity contribution in [1.82, 2.24) is 4.57 Å². The average Bonchev–Trinajstić information content (AvgIpc) is 3.14. The van der Waals surface area contributed by atoms with Gasteiger partial charge in [0.05, 0.1) is 23.3 Å². The normalized spacial score (nSPS) is 15.6. The van der Waals surface area contributed by atoms with Crippen LogP contribution in [0.3, 0.4) is 0 Å². The zero-order valence-electron chi connectivity index (χ0n) is 13.7. The van der Waals surface area contributed by atoms with E-state index in [4.69, 9.17) is 49.0 Å². The van der Waals surface area contributed by atoms with Gasteiger partial charge in [-0.05, 0) is 12.1 Å². The van der Waals surface area contributed by atoms with Crippen molar-refractivity contribution >= 4 is 34.8 Å². The zero-order valence-corrected chi connectivity index (χ0v) is 15.9. The Kier molecular flexibility index (Phi) is 5.84. The standard InChI is InChI=1S/C16H12Cl3F4NO3/c1-24-14(16(21,22)23)13(18)12(15(24)19)7-4-10(8(17)5-9(7)20)27-6-11-25-2-3-26-11/h4-5,11H,2-3,6H2,1H3. The number of alkyl halides is 3. The molecule has 148 valence electrons. The molecular weight excluding hydrogens is 437 g/mol. The molecule has 0 bridgehead atoms. The lowest BCUT2D eigenvalue weighted by atomic mass is 10.1. The molecule has 1 saturated heterocycles. The van der Waals surface area contributed by atoms with Crippen LogP contribution in [-0.2, 0) is 22.7 Å². The molecule has 0 radical (unpaired) electrons. The topological polar surface area (TPSA) is 32.6 Å². The van der Waals surface area contributed by atoms with Crippen molar-refractivity contribution < 1.29 is 31.8 Å².